The summed E-state index contributed by atoms with van der Waals surface area (Å²) in [7, 11) is 0. The number of fused-ring (bicyclic) bond motifs is 7. The fraction of sp³-hybridized carbons (Fsp3) is 0.931. The van der Waals surface area contributed by atoms with E-state index in [2.05, 4.69) is 13.8 Å². The van der Waals surface area contributed by atoms with E-state index in [4.69, 9.17) is 14.2 Å². The Balaban J connectivity index is 1.32. The molecule has 6 aliphatic rings. The van der Waals surface area contributed by atoms with Gasteiger partial charge >= 0.3 is 5.97 Å². The van der Waals surface area contributed by atoms with Crippen molar-refractivity contribution >= 4 is 11.8 Å². The first-order valence-corrected chi connectivity index (χ1v) is 14.3. The van der Waals surface area contributed by atoms with Crippen molar-refractivity contribution in [3.8, 4) is 0 Å². The maximum Gasteiger partial charge on any atom is 0.302 e. The van der Waals surface area contributed by atoms with Gasteiger partial charge in [-0.3, -0.25) is 9.59 Å². The Kier molecular flexibility index (Phi) is 5.45. The van der Waals surface area contributed by atoms with Gasteiger partial charge in [-0.05, 0) is 74.5 Å². The maximum absolute atomic E-state index is 14.2. The number of ketones is 1. The van der Waals surface area contributed by atoms with Gasteiger partial charge in [0.05, 0.1) is 17.6 Å². The third kappa shape index (κ3) is 3.06. The molecule has 0 amide bonds. The van der Waals surface area contributed by atoms with Gasteiger partial charge < -0.3 is 24.4 Å². The molecule has 0 aromatic heterocycles. The van der Waals surface area contributed by atoms with Crippen LogP contribution in [0.15, 0.2) is 0 Å². The topological polar surface area (TPSA) is 102 Å². The molecule has 2 N–H and O–H groups in total. The van der Waals surface area contributed by atoms with Crippen LogP contribution in [0.4, 0.5) is 0 Å². The third-order valence-electron chi connectivity index (χ3n) is 12.2. The fourth-order valence-electron chi connectivity index (χ4n) is 10.4. The van der Waals surface area contributed by atoms with Crippen LogP contribution in [0.3, 0.4) is 0 Å². The van der Waals surface area contributed by atoms with Crippen LogP contribution >= 0.6 is 0 Å². The fourth-order valence-corrected chi connectivity index (χ4v) is 10.4. The van der Waals surface area contributed by atoms with Crippen molar-refractivity contribution in [2.45, 2.75) is 116 Å². The standard InChI is InChI=1S/C29H44O7/c1-16-8-11-29(34-14-16)17(2)24-26(5)23(31)13-22-21(27(26,32)15-28(24,33)36-29)7-6-19-12-20(35-18(3)30)9-10-25(19,22)4/h16-17,19-22,24,32-33H,6-15H2,1-5H3/t16-,17-,19+,20+,21-,22+,24-,25+,26-,27+,28+,29-/m1/s1. The highest BCUT2D eigenvalue weighted by molar-refractivity contribution is 5.88. The molecule has 6 fully saturated rings. The van der Waals surface area contributed by atoms with Gasteiger partial charge in [-0.15, -0.1) is 0 Å². The van der Waals surface area contributed by atoms with Crippen molar-refractivity contribution in [2.75, 3.05) is 6.61 Å². The number of carbonyl (C=O) groups is 2. The zero-order valence-electron chi connectivity index (χ0n) is 22.5. The van der Waals surface area contributed by atoms with E-state index >= 15 is 0 Å². The molecular formula is C29H44O7. The summed E-state index contributed by atoms with van der Waals surface area (Å²) in [6.07, 6.45) is 6.35. The lowest BCUT2D eigenvalue weighted by Crippen LogP contribution is -2.66. The average Bonchev–Trinajstić information content (AvgIpc) is 3.12. The molecule has 7 heteroatoms. The van der Waals surface area contributed by atoms with Gasteiger partial charge in [0.2, 0.25) is 0 Å². The van der Waals surface area contributed by atoms with Gasteiger partial charge in [0.25, 0.3) is 0 Å². The van der Waals surface area contributed by atoms with E-state index in [0.717, 1.165) is 38.5 Å². The highest BCUT2D eigenvalue weighted by atomic mass is 16.8. The normalized spacial score (nSPS) is 58.1. The Morgan fingerprint density at radius 2 is 1.81 bits per heavy atom. The number of aliphatic hydroxyl groups is 2. The molecule has 7 nitrogen and oxygen atoms in total. The highest BCUT2D eigenvalue weighted by Crippen LogP contribution is 2.74. The molecule has 0 aromatic carbocycles. The van der Waals surface area contributed by atoms with E-state index < -0.39 is 28.5 Å². The first-order chi connectivity index (χ1) is 16.8. The quantitative estimate of drug-likeness (QED) is 0.521. The zero-order chi connectivity index (χ0) is 25.9. The lowest BCUT2D eigenvalue weighted by atomic mass is 9.42. The van der Waals surface area contributed by atoms with Crippen LogP contribution in [-0.2, 0) is 23.8 Å². The summed E-state index contributed by atoms with van der Waals surface area (Å²) >= 11 is 0. The highest BCUT2D eigenvalue weighted by Gasteiger charge is 2.82. The molecule has 202 valence electrons. The van der Waals surface area contributed by atoms with Crippen LogP contribution in [0.1, 0.15) is 92.4 Å². The van der Waals surface area contributed by atoms with Gasteiger partial charge in [-0.2, -0.15) is 0 Å². The van der Waals surface area contributed by atoms with Gasteiger partial charge in [-0.25, -0.2) is 0 Å². The summed E-state index contributed by atoms with van der Waals surface area (Å²) in [6.45, 7) is 10.4. The summed E-state index contributed by atoms with van der Waals surface area (Å²) in [5.74, 6) is -2.53. The molecule has 6 rings (SSSR count). The van der Waals surface area contributed by atoms with E-state index in [9.17, 15) is 19.8 Å². The minimum atomic E-state index is -1.57. The Morgan fingerprint density at radius 3 is 2.47 bits per heavy atom. The Hall–Kier alpha value is -1.02. The minimum absolute atomic E-state index is 0.0542. The van der Waals surface area contributed by atoms with Crippen molar-refractivity contribution in [2.24, 2.45) is 46.3 Å². The second-order valence-electron chi connectivity index (χ2n) is 13.9. The monoisotopic (exact) mass is 504 g/mol. The molecule has 0 unspecified atom stereocenters. The van der Waals surface area contributed by atoms with Gasteiger partial charge in [0.1, 0.15) is 11.9 Å². The van der Waals surface area contributed by atoms with Gasteiger partial charge in [-0.1, -0.05) is 20.8 Å². The van der Waals surface area contributed by atoms with Crippen LogP contribution < -0.4 is 0 Å². The summed E-state index contributed by atoms with van der Waals surface area (Å²) < 4.78 is 18.3. The van der Waals surface area contributed by atoms with Crippen LogP contribution in [-0.4, -0.2) is 51.9 Å². The largest absolute Gasteiger partial charge is 0.463 e. The van der Waals surface area contributed by atoms with Gasteiger partial charge in [0, 0.05) is 38.0 Å². The molecule has 1 spiro atoms. The molecular weight excluding hydrogens is 460 g/mol. The van der Waals surface area contributed by atoms with E-state index in [-0.39, 0.29) is 47.4 Å². The second kappa shape index (κ2) is 7.77. The molecule has 0 aromatic rings. The minimum Gasteiger partial charge on any atom is -0.463 e. The number of rotatable bonds is 1. The smallest absolute Gasteiger partial charge is 0.302 e. The van der Waals surface area contributed by atoms with Gasteiger partial charge in [0.15, 0.2) is 11.6 Å². The summed E-state index contributed by atoms with van der Waals surface area (Å²) in [6, 6.07) is 0. The SMILES string of the molecule is CC(=O)O[C@H]1CC[C@@]2(C)[C@@H](CC[C@@H]3[C@@H]2CC(=O)[C@]2(C)[C@H]4[C@@H](C)[C@@]5(CC[C@@H](C)CO5)O[C@@]4(O)C[C@]32O)C1. The van der Waals surface area contributed by atoms with E-state index in [1.54, 1.807) is 0 Å². The van der Waals surface area contributed by atoms with Crippen LogP contribution in [0.25, 0.3) is 0 Å². The van der Waals surface area contributed by atoms with Crippen LogP contribution in [0.2, 0.25) is 0 Å². The number of ether oxygens (including phenoxy) is 3. The van der Waals surface area contributed by atoms with E-state index in [0.29, 0.717) is 31.3 Å². The molecule has 36 heavy (non-hydrogen) atoms. The number of Topliss-reactive ketones (excluding diaryl/α,β-unsaturated/α-hetero) is 1. The molecule has 2 aliphatic heterocycles. The first-order valence-electron chi connectivity index (χ1n) is 14.3. The Bertz CT molecular complexity index is 957. The summed E-state index contributed by atoms with van der Waals surface area (Å²) in [5, 5.41) is 24.6. The summed E-state index contributed by atoms with van der Waals surface area (Å²) in [5.41, 5.74) is -2.48. The molecule has 0 radical (unpaired) electrons. The predicted molar refractivity (Wildman–Crippen MR) is 130 cm³/mol. The Labute approximate surface area is 214 Å². The zero-order valence-corrected chi connectivity index (χ0v) is 22.5. The lowest BCUT2D eigenvalue weighted by molar-refractivity contribution is -0.335. The summed E-state index contributed by atoms with van der Waals surface area (Å²) in [4.78, 5) is 25.8. The first kappa shape index (κ1) is 25.3. The molecule has 2 saturated heterocycles. The Morgan fingerprint density at radius 1 is 1.06 bits per heavy atom. The predicted octanol–water partition coefficient (Wildman–Crippen LogP) is 3.98. The molecule has 0 bridgehead atoms. The molecule has 2 heterocycles. The van der Waals surface area contributed by atoms with Crippen molar-refractivity contribution in [1.82, 2.24) is 0 Å². The lowest BCUT2D eigenvalue weighted by Gasteiger charge is -2.63. The number of hydrogen-bond donors (Lipinski definition) is 2. The molecule has 4 aliphatic carbocycles. The maximum atomic E-state index is 14.2. The third-order valence-corrected chi connectivity index (χ3v) is 12.2. The number of carbonyl (C=O) groups excluding carboxylic acids is 2. The van der Waals surface area contributed by atoms with E-state index in [1.165, 1.54) is 6.92 Å². The number of hydrogen-bond acceptors (Lipinski definition) is 7. The van der Waals surface area contributed by atoms with Crippen molar-refractivity contribution in [3.63, 3.8) is 0 Å². The average molecular weight is 505 g/mol. The molecule has 12 atom stereocenters. The molecule has 4 saturated carbocycles. The van der Waals surface area contributed by atoms with Crippen LogP contribution in [0, 0.1) is 46.3 Å². The number of esters is 1. The van der Waals surface area contributed by atoms with Crippen molar-refractivity contribution < 1.29 is 34.0 Å². The van der Waals surface area contributed by atoms with Crippen molar-refractivity contribution in [3.05, 3.63) is 0 Å². The van der Waals surface area contributed by atoms with Crippen LogP contribution in [0.5, 0.6) is 0 Å². The second-order valence-corrected chi connectivity index (χ2v) is 13.9. The van der Waals surface area contributed by atoms with Crippen molar-refractivity contribution in [1.29, 1.82) is 0 Å². The van der Waals surface area contributed by atoms with E-state index in [1.807, 2.05) is 13.8 Å².